The number of Topliss-reactive ketones (excluding diaryl/α,β-unsaturated/α-hetero) is 1. The number of aliphatic carboxylic acids is 1. The summed E-state index contributed by atoms with van der Waals surface area (Å²) in [6.07, 6.45) is 0.0432. The van der Waals surface area contributed by atoms with Gasteiger partial charge in [0.05, 0.1) is 6.42 Å². The molecule has 0 amide bonds. The number of ketones is 1. The van der Waals surface area contributed by atoms with Gasteiger partial charge in [0.25, 0.3) is 0 Å². The van der Waals surface area contributed by atoms with Gasteiger partial charge in [0.15, 0.2) is 6.16 Å². The van der Waals surface area contributed by atoms with Crippen molar-refractivity contribution in [2.24, 2.45) is 0 Å². The van der Waals surface area contributed by atoms with Crippen molar-refractivity contribution >= 4 is 19.6 Å². The van der Waals surface area contributed by atoms with Crippen LogP contribution in [0.15, 0.2) is 0 Å². The third-order valence-corrected chi connectivity index (χ3v) is 1.75. The maximum atomic E-state index is 10.4. The summed E-state index contributed by atoms with van der Waals surface area (Å²) >= 11 is 0. The largest absolute Gasteiger partial charge is 0.475 e. The maximum absolute atomic E-state index is 10.4. The summed E-state index contributed by atoms with van der Waals surface area (Å²) in [5.41, 5.74) is 0. The van der Waals surface area contributed by atoms with E-state index in [9.17, 15) is 14.2 Å². The van der Waals surface area contributed by atoms with E-state index in [4.69, 9.17) is 5.11 Å². The van der Waals surface area contributed by atoms with Crippen molar-refractivity contribution in [3.8, 4) is 0 Å². The van der Waals surface area contributed by atoms with Crippen molar-refractivity contribution in [3.05, 3.63) is 0 Å². The Morgan fingerprint density at radius 1 is 1.50 bits per heavy atom. The Labute approximate surface area is 59.0 Å². The molecule has 10 heavy (non-hydrogen) atoms. The molecule has 0 aromatic rings. The Hall–Kier alpha value is -0.760. The van der Waals surface area contributed by atoms with Crippen LogP contribution in [0.25, 0.3) is 0 Å². The normalized spacial score (nSPS) is 10.7. The molecule has 0 aromatic carbocycles. The number of hydrogen-bond donors (Lipinski definition) is 1. The van der Waals surface area contributed by atoms with Crippen LogP contribution >= 0.6 is 7.80 Å². The number of rotatable bonds is 4. The van der Waals surface area contributed by atoms with Gasteiger partial charge in [-0.15, -0.1) is 0 Å². The summed E-state index contributed by atoms with van der Waals surface area (Å²) in [5, 5.41) is 8.05. The van der Waals surface area contributed by atoms with Gasteiger partial charge in [0.1, 0.15) is 6.66 Å². The van der Waals surface area contributed by atoms with Crippen molar-refractivity contribution in [2.45, 2.75) is 6.42 Å². The summed E-state index contributed by atoms with van der Waals surface area (Å²) in [5.74, 6) is -2.32. The molecule has 0 aliphatic rings. The Balaban J connectivity index is 3.60. The molecule has 0 fully saturated rings. The van der Waals surface area contributed by atoms with E-state index in [0.29, 0.717) is 0 Å². The van der Waals surface area contributed by atoms with Crippen LogP contribution in [0.3, 0.4) is 0 Å². The zero-order valence-electron chi connectivity index (χ0n) is 5.53. The second kappa shape index (κ2) is 4.12. The van der Waals surface area contributed by atoms with Gasteiger partial charge in [-0.25, -0.2) is 4.79 Å². The summed E-state index contributed by atoms with van der Waals surface area (Å²) in [4.78, 5) is 20.2. The predicted molar refractivity (Wildman–Crippen MR) is 35.7 cm³/mol. The van der Waals surface area contributed by atoms with E-state index in [1.165, 1.54) is 6.66 Å². The molecule has 1 atom stereocenters. The monoisotopic (exact) mass is 163 g/mol. The fourth-order valence-corrected chi connectivity index (χ4v) is 0.884. The lowest BCUT2D eigenvalue weighted by molar-refractivity contribution is -0.148. The highest BCUT2D eigenvalue weighted by Crippen LogP contribution is 2.14. The molecule has 5 heteroatoms. The fourth-order valence-electron chi connectivity index (χ4n) is 0.366. The Morgan fingerprint density at radius 3 is 2.30 bits per heavy atom. The Bertz CT molecular complexity index is 174. The molecule has 56 valence electrons. The van der Waals surface area contributed by atoms with Gasteiger partial charge in [-0.3, -0.25) is 4.79 Å². The lowest BCUT2D eigenvalue weighted by atomic mass is 10.3. The van der Waals surface area contributed by atoms with E-state index >= 15 is 0 Å². The van der Waals surface area contributed by atoms with Crippen molar-refractivity contribution in [1.29, 1.82) is 0 Å². The first kappa shape index (κ1) is 9.24. The smallest absolute Gasteiger partial charge is 0.372 e. The van der Waals surface area contributed by atoms with Crippen molar-refractivity contribution < 1.29 is 19.3 Å². The van der Waals surface area contributed by atoms with Crippen LogP contribution < -0.4 is 0 Å². The zero-order chi connectivity index (χ0) is 8.15. The molecule has 1 N–H and O–H groups in total. The van der Waals surface area contributed by atoms with E-state index in [1.807, 2.05) is 0 Å². The van der Waals surface area contributed by atoms with Crippen LogP contribution in [0.4, 0.5) is 0 Å². The molecule has 0 aliphatic heterocycles. The summed E-state index contributed by atoms with van der Waals surface area (Å²) in [6.45, 7) is 1.46. The molecule has 0 rings (SSSR count). The number of carboxylic acids is 1. The number of hydrogen-bond acceptors (Lipinski definition) is 3. The first-order chi connectivity index (χ1) is 4.54. The van der Waals surface area contributed by atoms with Crippen LogP contribution in [-0.4, -0.2) is 29.7 Å². The molecule has 1 unspecified atom stereocenters. The molecule has 0 saturated heterocycles. The van der Waals surface area contributed by atoms with Crippen molar-refractivity contribution in [1.82, 2.24) is 0 Å². The van der Waals surface area contributed by atoms with Gasteiger partial charge >= 0.3 is 13.8 Å². The van der Waals surface area contributed by atoms with E-state index in [1.54, 1.807) is 0 Å². The van der Waals surface area contributed by atoms with Gasteiger partial charge in [-0.05, 0) is 0 Å². The van der Waals surface area contributed by atoms with Crippen LogP contribution in [0.5, 0.6) is 0 Å². The maximum Gasteiger partial charge on any atom is 0.372 e. The van der Waals surface area contributed by atoms with E-state index in [-0.39, 0.29) is 12.6 Å². The van der Waals surface area contributed by atoms with Gasteiger partial charge < -0.3 is 5.11 Å². The molecule has 0 saturated carbocycles. The van der Waals surface area contributed by atoms with Crippen LogP contribution in [0, 0.1) is 0 Å². The molecule has 0 aliphatic carbocycles. The minimum Gasteiger partial charge on any atom is -0.475 e. The lowest BCUT2D eigenvalue weighted by Crippen LogP contribution is -2.12. The van der Waals surface area contributed by atoms with E-state index in [0.717, 1.165) is 0 Å². The standard InChI is InChI=1S/C5H7O4P/c1-10(9)3-2-4(6)5(7)8/h2-3H2,1H3/p+1. The first-order valence-electron chi connectivity index (χ1n) is 2.68. The van der Waals surface area contributed by atoms with Gasteiger partial charge in [0.2, 0.25) is 5.78 Å². The van der Waals surface area contributed by atoms with Crippen molar-refractivity contribution in [3.63, 3.8) is 0 Å². The minimum atomic E-state index is -1.45. The minimum absolute atomic E-state index is 0.124. The lowest BCUT2D eigenvalue weighted by Gasteiger charge is -1.84. The Morgan fingerprint density at radius 2 is 2.00 bits per heavy atom. The van der Waals surface area contributed by atoms with Crippen LogP contribution in [-0.2, 0) is 14.2 Å². The van der Waals surface area contributed by atoms with Gasteiger partial charge in [-0.2, -0.15) is 0 Å². The third-order valence-electron chi connectivity index (χ3n) is 0.892. The van der Waals surface area contributed by atoms with Crippen LogP contribution in [0.1, 0.15) is 6.42 Å². The molecular formula is C5H8O4P+. The molecule has 4 nitrogen and oxygen atoms in total. The third kappa shape index (κ3) is 4.15. The summed E-state index contributed by atoms with van der Waals surface area (Å²) in [7, 11) is -1.39. The van der Waals surface area contributed by atoms with Crippen molar-refractivity contribution in [2.75, 3.05) is 12.8 Å². The van der Waals surface area contributed by atoms with Gasteiger partial charge in [0, 0.05) is 0 Å². The van der Waals surface area contributed by atoms with Gasteiger partial charge in [-0.1, -0.05) is 4.57 Å². The predicted octanol–water partition coefficient (Wildman–Crippen LogP) is 0.487. The summed E-state index contributed by atoms with van der Waals surface area (Å²) < 4.78 is 10.4. The van der Waals surface area contributed by atoms with E-state index in [2.05, 4.69) is 0 Å². The quantitative estimate of drug-likeness (QED) is 0.483. The fraction of sp³-hybridized carbons (Fsp3) is 0.600. The average Bonchev–Trinajstić information content (AvgIpc) is 1.82. The Kier molecular flexibility index (Phi) is 3.81. The average molecular weight is 163 g/mol. The molecule has 0 spiro atoms. The SMILES string of the molecule is C[P+](=O)CCC(=O)C(=O)O. The highest BCUT2D eigenvalue weighted by atomic mass is 31.1. The van der Waals surface area contributed by atoms with E-state index < -0.39 is 19.6 Å². The first-order valence-corrected chi connectivity index (χ1v) is 4.57. The molecule has 0 heterocycles. The number of carbonyl (C=O) groups is 2. The summed E-state index contributed by atoms with van der Waals surface area (Å²) in [6, 6.07) is 0. The molecular weight excluding hydrogens is 155 g/mol. The second-order valence-corrected chi connectivity index (χ2v) is 3.53. The molecule has 0 bridgehead atoms. The number of carboxylic acid groups (broad SMARTS) is 1. The number of carbonyl (C=O) groups excluding carboxylic acids is 1. The highest BCUT2D eigenvalue weighted by Gasteiger charge is 2.15. The molecule has 0 radical (unpaired) electrons. The molecule has 0 aromatic heterocycles. The second-order valence-electron chi connectivity index (χ2n) is 1.83. The van der Waals surface area contributed by atoms with Crippen LogP contribution in [0.2, 0.25) is 0 Å². The topological polar surface area (TPSA) is 71.4 Å². The highest BCUT2D eigenvalue weighted by molar-refractivity contribution is 7.43. The zero-order valence-corrected chi connectivity index (χ0v) is 6.43.